The number of likely N-dealkylation sites (tertiary alicyclic amines) is 1. The summed E-state index contributed by atoms with van der Waals surface area (Å²) in [6.45, 7) is 0.230. The molecule has 0 atom stereocenters. The van der Waals surface area contributed by atoms with Crippen molar-refractivity contribution in [2.45, 2.75) is 19.4 Å². The number of thiazole rings is 1. The van der Waals surface area contributed by atoms with Gasteiger partial charge in [-0.25, -0.2) is 4.98 Å². The zero-order chi connectivity index (χ0) is 21.1. The molecular weight excluding hydrogens is 402 g/mol. The number of benzene rings is 2. The van der Waals surface area contributed by atoms with Gasteiger partial charge in [0, 0.05) is 29.3 Å². The molecule has 7 nitrogen and oxygen atoms in total. The molecule has 8 heteroatoms. The number of hydrogen-bond acceptors (Lipinski definition) is 6. The number of anilines is 1. The first kappa shape index (κ1) is 19.8. The summed E-state index contributed by atoms with van der Waals surface area (Å²) in [7, 11) is 1.60. The van der Waals surface area contributed by atoms with Gasteiger partial charge in [0.05, 0.1) is 19.3 Å². The molecule has 1 aliphatic heterocycles. The zero-order valence-corrected chi connectivity index (χ0v) is 17.1. The van der Waals surface area contributed by atoms with Crippen LogP contribution >= 0.6 is 11.3 Å². The second-order valence-corrected chi connectivity index (χ2v) is 7.62. The molecule has 0 radical (unpaired) electrons. The molecule has 0 aliphatic carbocycles. The van der Waals surface area contributed by atoms with Crippen LogP contribution in [0, 0.1) is 0 Å². The molecular formula is C22H19N3O4S. The summed E-state index contributed by atoms with van der Waals surface area (Å²) in [6.07, 6.45) is 0.536. The van der Waals surface area contributed by atoms with Gasteiger partial charge in [-0.05, 0) is 29.8 Å². The van der Waals surface area contributed by atoms with Crippen molar-refractivity contribution in [3.63, 3.8) is 0 Å². The summed E-state index contributed by atoms with van der Waals surface area (Å²) in [5.41, 5.74) is 2.84. The minimum Gasteiger partial charge on any atom is -0.496 e. The summed E-state index contributed by atoms with van der Waals surface area (Å²) in [4.78, 5) is 41.8. The number of ether oxygens (including phenoxy) is 1. The third-order valence-electron chi connectivity index (χ3n) is 4.82. The first-order valence-corrected chi connectivity index (χ1v) is 10.3. The van der Waals surface area contributed by atoms with Gasteiger partial charge < -0.3 is 4.74 Å². The number of amides is 3. The Balaban J connectivity index is 1.42. The highest BCUT2D eigenvalue weighted by atomic mass is 32.1. The summed E-state index contributed by atoms with van der Waals surface area (Å²) < 4.78 is 5.36. The van der Waals surface area contributed by atoms with E-state index in [2.05, 4.69) is 10.3 Å². The van der Waals surface area contributed by atoms with Crippen molar-refractivity contribution < 1.29 is 19.1 Å². The summed E-state index contributed by atoms with van der Waals surface area (Å²) in [5.74, 6) is 0.120. The van der Waals surface area contributed by atoms with Crippen molar-refractivity contribution in [1.29, 1.82) is 0 Å². The number of hydrogen-bond donors (Lipinski definition) is 1. The lowest BCUT2D eigenvalue weighted by Crippen LogP contribution is -2.28. The van der Waals surface area contributed by atoms with E-state index in [1.54, 1.807) is 31.4 Å². The molecule has 3 aromatic rings. The van der Waals surface area contributed by atoms with Gasteiger partial charge in [0.15, 0.2) is 5.13 Å². The van der Waals surface area contributed by atoms with Gasteiger partial charge in [-0.2, -0.15) is 0 Å². The van der Waals surface area contributed by atoms with Gasteiger partial charge in [0.25, 0.3) is 5.91 Å². The standard InChI is InChI=1S/C22H19N3O4S/c1-29-18-5-3-2-4-16(18)17-13-30-22(23-17)24-21(28)15-8-6-14(7-9-15)12-25-19(26)10-11-20(25)27/h2-9,13H,10-12H2,1H3,(H,23,24,28). The predicted octanol–water partition coefficient (Wildman–Crippen LogP) is 3.72. The number of carbonyl (C=O) groups is 3. The second kappa shape index (κ2) is 8.46. The fourth-order valence-electron chi connectivity index (χ4n) is 3.22. The normalized spacial score (nSPS) is 13.6. The molecule has 2 aromatic carbocycles. The van der Waals surface area contributed by atoms with Crippen molar-refractivity contribution in [2.24, 2.45) is 0 Å². The molecule has 3 amide bonds. The van der Waals surface area contributed by atoms with Crippen LogP contribution in [-0.2, 0) is 16.1 Å². The molecule has 0 saturated carbocycles. The topological polar surface area (TPSA) is 88.6 Å². The second-order valence-electron chi connectivity index (χ2n) is 6.76. The molecule has 1 aromatic heterocycles. The Morgan fingerprint density at radius 2 is 1.80 bits per heavy atom. The molecule has 1 fully saturated rings. The average Bonchev–Trinajstić information content (AvgIpc) is 3.36. The van der Waals surface area contributed by atoms with Crippen molar-refractivity contribution in [3.05, 3.63) is 65.0 Å². The molecule has 152 valence electrons. The monoisotopic (exact) mass is 421 g/mol. The van der Waals surface area contributed by atoms with E-state index in [-0.39, 0.29) is 37.1 Å². The summed E-state index contributed by atoms with van der Waals surface area (Å²) in [6, 6.07) is 14.4. The molecule has 2 heterocycles. The number of nitrogens with zero attached hydrogens (tertiary/aromatic N) is 2. The minimum absolute atomic E-state index is 0.156. The molecule has 0 spiro atoms. The molecule has 1 aliphatic rings. The van der Waals surface area contributed by atoms with Gasteiger partial charge >= 0.3 is 0 Å². The van der Waals surface area contributed by atoms with Crippen LogP contribution in [0.15, 0.2) is 53.9 Å². The first-order chi connectivity index (χ1) is 14.5. The highest BCUT2D eigenvalue weighted by Crippen LogP contribution is 2.32. The SMILES string of the molecule is COc1ccccc1-c1csc(NC(=O)c2ccc(CN3C(=O)CCC3=O)cc2)n1. The number of carbonyl (C=O) groups excluding carboxylic acids is 3. The van der Waals surface area contributed by atoms with Crippen molar-refractivity contribution in [3.8, 4) is 17.0 Å². The lowest BCUT2D eigenvalue weighted by molar-refractivity contribution is -0.139. The van der Waals surface area contributed by atoms with Crippen LogP contribution < -0.4 is 10.1 Å². The number of para-hydroxylation sites is 1. The predicted molar refractivity (Wildman–Crippen MR) is 113 cm³/mol. The average molecular weight is 421 g/mol. The van der Waals surface area contributed by atoms with Crippen LogP contribution in [0.1, 0.15) is 28.8 Å². The van der Waals surface area contributed by atoms with Gasteiger partial charge in [0.1, 0.15) is 5.75 Å². The summed E-state index contributed by atoms with van der Waals surface area (Å²) >= 11 is 1.33. The quantitative estimate of drug-likeness (QED) is 0.613. The van der Waals surface area contributed by atoms with Crippen LogP contribution in [0.25, 0.3) is 11.3 Å². The van der Waals surface area contributed by atoms with Gasteiger partial charge in [-0.15, -0.1) is 11.3 Å². The van der Waals surface area contributed by atoms with Crippen molar-refractivity contribution in [1.82, 2.24) is 9.88 Å². The molecule has 1 saturated heterocycles. The fourth-order valence-corrected chi connectivity index (χ4v) is 3.93. The smallest absolute Gasteiger partial charge is 0.257 e. The molecule has 0 unspecified atom stereocenters. The maximum atomic E-state index is 12.6. The van der Waals surface area contributed by atoms with E-state index in [0.717, 1.165) is 16.8 Å². The maximum Gasteiger partial charge on any atom is 0.257 e. The zero-order valence-electron chi connectivity index (χ0n) is 16.3. The molecule has 4 rings (SSSR count). The van der Waals surface area contributed by atoms with Crippen LogP contribution in [0.2, 0.25) is 0 Å². The Hall–Kier alpha value is -3.52. The van der Waals surface area contributed by atoms with E-state index < -0.39 is 0 Å². The van der Waals surface area contributed by atoms with Crippen LogP contribution in [0.3, 0.4) is 0 Å². The Morgan fingerprint density at radius 3 is 2.50 bits per heavy atom. The van der Waals surface area contributed by atoms with E-state index in [4.69, 9.17) is 4.74 Å². The fraction of sp³-hybridized carbons (Fsp3) is 0.182. The third-order valence-corrected chi connectivity index (χ3v) is 5.58. The van der Waals surface area contributed by atoms with Crippen LogP contribution in [0.4, 0.5) is 5.13 Å². The highest BCUT2D eigenvalue weighted by Gasteiger charge is 2.28. The number of nitrogens with one attached hydrogen (secondary N) is 1. The number of imide groups is 1. The highest BCUT2D eigenvalue weighted by molar-refractivity contribution is 7.14. The van der Waals surface area contributed by atoms with Crippen LogP contribution in [-0.4, -0.2) is 34.7 Å². The van der Waals surface area contributed by atoms with Gasteiger partial charge in [0.2, 0.25) is 11.8 Å². The minimum atomic E-state index is -0.282. The third kappa shape index (κ3) is 4.08. The molecule has 1 N–H and O–H groups in total. The maximum absolute atomic E-state index is 12.6. The Bertz CT molecular complexity index is 1090. The number of aromatic nitrogens is 1. The van der Waals surface area contributed by atoms with Crippen molar-refractivity contribution >= 4 is 34.2 Å². The number of methoxy groups -OCH3 is 1. The lowest BCUT2D eigenvalue weighted by atomic mass is 10.1. The van der Waals surface area contributed by atoms with Gasteiger partial charge in [-0.1, -0.05) is 24.3 Å². The Morgan fingerprint density at radius 1 is 1.10 bits per heavy atom. The molecule has 30 heavy (non-hydrogen) atoms. The number of rotatable bonds is 6. The van der Waals surface area contributed by atoms with E-state index in [0.29, 0.717) is 16.4 Å². The van der Waals surface area contributed by atoms with E-state index >= 15 is 0 Å². The Labute approximate surface area is 177 Å². The molecule has 0 bridgehead atoms. The Kier molecular flexibility index (Phi) is 5.58. The van der Waals surface area contributed by atoms with Crippen LogP contribution in [0.5, 0.6) is 5.75 Å². The van der Waals surface area contributed by atoms with E-state index in [1.165, 1.54) is 16.2 Å². The first-order valence-electron chi connectivity index (χ1n) is 9.37. The van der Waals surface area contributed by atoms with Crippen molar-refractivity contribution in [2.75, 3.05) is 12.4 Å². The van der Waals surface area contributed by atoms with E-state index in [9.17, 15) is 14.4 Å². The lowest BCUT2D eigenvalue weighted by Gasteiger charge is -2.13. The summed E-state index contributed by atoms with van der Waals surface area (Å²) in [5, 5.41) is 5.15. The van der Waals surface area contributed by atoms with Gasteiger partial charge in [-0.3, -0.25) is 24.6 Å². The largest absolute Gasteiger partial charge is 0.496 e. The van der Waals surface area contributed by atoms with E-state index in [1.807, 2.05) is 29.6 Å².